The molecule has 0 radical (unpaired) electrons. The highest BCUT2D eigenvalue weighted by atomic mass is 16.4. The molecule has 4 aromatic heterocycles. The summed E-state index contributed by atoms with van der Waals surface area (Å²) in [5, 5.41) is 0. The van der Waals surface area contributed by atoms with Crippen molar-refractivity contribution in [1.29, 1.82) is 0 Å². The first-order valence-corrected chi connectivity index (χ1v) is 6.64. The maximum atomic E-state index is 5.75. The lowest BCUT2D eigenvalue weighted by atomic mass is 10.3. The third kappa shape index (κ3) is 1.90. The first-order valence-electron chi connectivity index (χ1n) is 6.64. The number of fused-ring (bicyclic) bond motifs is 1. The van der Waals surface area contributed by atoms with E-state index in [4.69, 9.17) is 4.42 Å². The molecule has 0 unspecified atom stereocenters. The van der Waals surface area contributed by atoms with Crippen LogP contribution in [-0.2, 0) is 0 Å². The number of imidazole rings is 1. The van der Waals surface area contributed by atoms with Crippen molar-refractivity contribution in [3.05, 3.63) is 60.6 Å². The summed E-state index contributed by atoms with van der Waals surface area (Å²) in [4.78, 5) is 13.5. The van der Waals surface area contributed by atoms with Gasteiger partial charge in [0.25, 0.3) is 0 Å². The van der Waals surface area contributed by atoms with E-state index >= 15 is 0 Å². The van der Waals surface area contributed by atoms with E-state index in [0.717, 1.165) is 28.4 Å². The van der Waals surface area contributed by atoms with Crippen molar-refractivity contribution in [1.82, 2.24) is 19.5 Å². The molecule has 0 aliphatic heterocycles. The van der Waals surface area contributed by atoms with Gasteiger partial charge < -0.3 is 4.42 Å². The Morgan fingerprint density at radius 1 is 0.952 bits per heavy atom. The van der Waals surface area contributed by atoms with E-state index in [0.29, 0.717) is 5.88 Å². The van der Waals surface area contributed by atoms with Crippen molar-refractivity contribution in [2.24, 2.45) is 0 Å². The lowest BCUT2D eigenvalue weighted by Gasteiger charge is -2.04. The number of hydrogen-bond acceptors (Lipinski definition) is 4. The minimum Gasteiger partial charge on any atom is -0.445 e. The van der Waals surface area contributed by atoms with Crippen LogP contribution in [-0.4, -0.2) is 19.5 Å². The summed E-state index contributed by atoms with van der Waals surface area (Å²) in [7, 11) is 0. The van der Waals surface area contributed by atoms with E-state index < -0.39 is 0 Å². The summed E-state index contributed by atoms with van der Waals surface area (Å²) in [5.74, 6) is 2.25. The molecule has 0 amide bonds. The predicted octanol–water partition coefficient (Wildman–Crippen LogP) is 3.38. The van der Waals surface area contributed by atoms with E-state index in [1.54, 1.807) is 12.4 Å². The molecule has 0 fully saturated rings. The minimum absolute atomic E-state index is 0.689. The van der Waals surface area contributed by atoms with Crippen LogP contribution in [0.15, 0.2) is 59.3 Å². The van der Waals surface area contributed by atoms with Gasteiger partial charge in [0.05, 0.1) is 0 Å². The number of pyridine rings is 2. The highest BCUT2D eigenvalue weighted by Gasteiger charge is 2.17. The second-order valence-electron chi connectivity index (χ2n) is 4.72. The van der Waals surface area contributed by atoms with E-state index in [1.807, 2.05) is 54.0 Å². The summed E-state index contributed by atoms with van der Waals surface area (Å²) >= 11 is 0. The zero-order chi connectivity index (χ0) is 14.2. The van der Waals surface area contributed by atoms with Gasteiger partial charge in [-0.1, -0.05) is 6.07 Å². The molecule has 0 saturated carbocycles. The summed E-state index contributed by atoms with van der Waals surface area (Å²) in [6, 6.07) is 13.4. The Bertz CT molecular complexity index is 908. The molecule has 0 aliphatic carbocycles. The van der Waals surface area contributed by atoms with Crippen LogP contribution >= 0.6 is 0 Å². The fourth-order valence-corrected chi connectivity index (χ4v) is 2.33. The van der Waals surface area contributed by atoms with Gasteiger partial charge in [-0.15, -0.1) is 0 Å². The van der Waals surface area contributed by atoms with Crippen LogP contribution in [0.1, 0.15) is 5.76 Å². The molecular formula is C16H12N4O. The molecular weight excluding hydrogens is 264 g/mol. The van der Waals surface area contributed by atoms with Crippen molar-refractivity contribution in [3.8, 4) is 17.4 Å². The van der Waals surface area contributed by atoms with Gasteiger partial charge in [0.2, 0.25) is 5.88 Å². The smallest absolute Gasteiger partial charge is 0.207 e. The van der Waals surface area contributed by atoms with Gasteiger partial charge in [0.1, 0.15) is 17.0 Å². The highest BCUT2D eigenvalue weighted by molar-refractivity contribution is 5.78. The first-order chi connectivity index (χ1) is 10.3. The van der Waals surface area contributed by atoms with Gasteiger partial charge in [-0.3, -0.25) is 4.98 Å². The van der Waals surface area contributed by atoms with Crippen molar-refractivity contribution in [2.45, 2.75) is 6.92 Å². The molecule has 4 aromatic rings. The molecule has 102 valence electrons. The number of aromatic nitrogens is 4. The molecule has 5 nitrogen and oxygen atoms in total. The Morgan fingerprint density at radius 3 is 2.62 bits per heavy atom. The van der Waals surface area contributed by atoms with Gasteiger partial charge in [-0.05, 0) is 37.3 Å². The maximum absolute atomic E-state index is 5.75. The number of aryl methyl sites for hydroxylation is 1. The van der Waals surface area contributed by atoms with Crippen molar-refractivity contribution in [2.75, 3.05) is 0 Å². The number of rotatable bonds is 2. The van der Waals surface area contributed by atoms with Gasteiger partial charge in [-0.25, -0.2) is 14.5 Å². The van der Waals surface area contributed by atoms with Crippen molar-refractivity contribution < 1.29 is 4.42 Å². The normalized spacial score (nSPS) is 11.1. The third-order valence-corrected chi connectivity index (χ3v) is 3.26. The topological polar surface area (TPSA) is 56.7 Å². The summed E-state index contributed by atoms with van der Waals surface area (Å²) in [5.41, 5.74) is 2.35. The number of furan rings is 1. The van der Waals surface area contributed by atoms with Crippen molar-refractivity contribution in [3.63, 3.8) is 0 Å². The summed E-state index contributed by atoms with van der Waals surface area (Å²) < 4.78 is 7.65. The van der Waals surface area contributed by atoms with Gasteiger partial charge in [0.15, 0.2) is 11.5 Å². The van der Waals surface area contributed by atoms with Gasteiger partial charge >= 0.3 is 0 Å². The molecule has 0 aromatic carbocycles. The SMILES string of the molecule is Cc1ccc(-n2c(-c3ccccn3)nc3cccnc32)o1. The van der Waals surface area contributed by atoms with Crippen LogP contribution in [0.5, 0.6) is 0 Å². The van der Waals surface area contributed by atoms with Crippen LogP contribution in [0.25, 0.3) is 28.6 Å². The Morgan fingerprint density at radius 2 is 1.86 bits per heavy atom. The molecule has 4 rings (SSSR count). The van der Waals surface area contributed by atoms with E-state index in [1.165, 1.54) is 0 Å². The van der Waals surface area contributed by atoms with Gasteiger partial charge in [0, 0.05) is 18.5 Å². The second kappa shape index (κ2) is 4.56. The van der Waals surface area contributed by atoms with Crippen LogP contribution in [0, 0.1) is 6.92 Å². The zero-order valence-electron chi connectivity index (χ0n) is 11.4. The number of hydrogen-bond donors (Lipinski definition) is 0. The largest absolute Gasteiger partial charge is 0.445 e. The molecule has 21 heavy (non-hydrogen) atoms. The van der Waals surface area contributed by atoms with Crippen LogP contribution in [0.4, 0.5) is 0 Å². The standard InChI is InChI=1S/C16H12N4O/c1-11-7-8-14(21-11)20-15-13(6-4-10-18-15)19-16(20)12-5-2-3-9-17-12/h2-10H,1H3. The molecule has 0 aliphatic rings. The average Bonchev–Trinajstić information content (AvgIpc) is 3.11. The average molecular weight is 276 g/mol. The Kier molecular flexibility index (Phi) is 2.57. The van der Waals surface area contributed by atoms with Crippen LogP contribution in [0.2, 0.25) is 0 Å². The molecule has 0 spiro atoms. The maximum Gasteiger partial charge on any atom is 0.207 e. The molecule has 4 heterocycles. The fraction of sp³-hybridized carbons (Fsp3) is 0.0625. The predicted molar refractivity (Wildman–Crippen MR) is 79.1 cm³/mol. The quantitative estimate of drug-likeness (QED) is 0.563. The second-order valence-corrected chi connectivity index (χ2v) is 4.72. The van der Waals surface area contributed by atoms with Gasteiger partial charge in [-0.2, -0.15) is 0 Å². The summed E-state index contributed by atoms with van der Waals surface area (Å²) in [6.07, 6.45) is 3.50. The fourth-order valence-electron chi connectivity index (χ4n) is 2.33. The van der Waals surface area contributed by atoms with E-state index in [2.05, 4.69) is 15.0 Å². The molecule has 0 atom stereocenters. The first kappa shape index (κ1) is 11.8. The minimum atomic E-state index is 0.689. The molecule has 0 bridgehead atoms. The highest BCUT2D eigenvalue weighted by Crippen LogP contribution is 2.26. The lowest BCUT2D eigenvalue weighted by Crippen LogP contribution is -1.98. The Hall–Kier alpha value is -2.95. The van der Waals surface area contributed by atoms with Crippen LogP contribution < -0.4 is 0 Å². The van der Waals surface area contributed by atoms with E-state index in [9.17, 15) is 0 Å². The molecule has 0 saturated heterocycles. The Labute approximate surface area is 120 Å². The van der Waals surface area contributed by atoms with Crippen LogP contribution in [0.3, 0.4) is 0 Å². The molecule has 5 heteroatoms. The molecule has 0 N–H and O–H groups in total. The Balaban J connectivity index is 2.06. The monoisotopic (exact) mass is 276 g/mol. The van der Waals surface area contributed by atoms with E-state index in [-0.39, 0.29) is 0 Å². The van der Waals surface area contributed by atoms with Crippen molar-refractivity contribution >= 4 is 11.2 Å². The third-order valence-electron chi connectivity index (χ3n) is 3.26. The number of nitrogens with zero attached hydrogens (tertiary/aromatic N) is 4. The zero-order valence-corrected chi connectivity index (χ0v) is 11.4. The summed E-state index contributed by atoms with van der Waals surface area (Å²) in [6.45, 7) is 1.91. The lowest BCUT2D eigenvalue weighted by molar-refractivity contribution is 0.513.